The number of carbonyl (C=O) groups excluding carboxylic acids is 3. The third kappa shape index (κ3) is 5.83. The van der Waals surface area contributed by atoms with Crippen molar-refractivity contribution in [3.63, 3.8) is 0 Å². The van der Waals surface area contributed by atoms with E-state index in [-0.39, 0.29) is 35.7 Å². The van der Waals surface area contributed by atoms with Crippen molar-refractivity contribution >= 4 is 62.6 Å². The maximum absolute atomic E-state index is 12.6. The molecule has 0 aliphatic heterocycles. The highest BCUT2D eigenvalue weighted by Gasteiger charge is 2.24. The third-order valence-electron chi connectivity index (χ3n) is 4.85. The number of rotatable bonds is 9. The number of H-pyrrole nitrogens is 1. The van der Waals surface area contributed by atoms with Crippen molar-refractivity contribution in [2.45, 2.75) is 25.4 Å². The predicted octanol–water partition coefficient (Wildman–Crippen LogP) is 2.06. The Morgan fingerprint density at radius 1 is 1.21 bits per heavy atom. The number of methoxy groups -OCH3 is 2. The van der Waals surface area contributed by atoms with Gasteiger partial charge in [0.1, 0.15) is 6.04 Å². The van der Waals surface area contributed by atoms with E-state index in [1.807, 2.05) is 0 Å². The Morgan fingerprint density at radius 3 is 2.68 bits per heavy atom. The van der Waals surface area contributed by atoms with Crippen molar-refractivity contribution in [1.82, 2.24) is 15.3 Å². The first kappa shape index (κ1) is 25.0. The molecule has 1 unspecified atom stereocenters. The molecule has 3 aromatic rings. The minimum atomic E-state index is -0.993. The zero-order valence-electron chi connectivity index (χ0n) is 18.3. The first-order valence-electron chi connectivity index (χ1n) is 9.99. The molecule has 2 heterocycles. The summed E-state index contributed by atoms with van der Waals surface area (Å²) in [5, 5.41) is 6.88. The highest BCUT2D eigenvalue weighted by atomic mass is 35.5. The molecule has 0 aliphatic rings. The predicted molar refractivity (Wildman–Crippen MR) is 128 cm³/mol. The summed E-state index contributed by atoms with van der Waals surface area (Å²) in [6.45, 7) is 0.282. The van der Waals surface area contributed by atoms with Gasteiger partial charge in [0.05, 0.1) is 40.0 Å². The number of anilines is 2. The van der Waals surface area contributed by atoms with Crippen molar-refractivity contribution < 1.29 is 23.9 Å². The second kappa shape index (κ2) is 11.0. The Balaban J connectivity index is 1.67. The fourth-order valence-electron chi connectivity index (χ4n) is 3.11. The van der Waals surface area contributed by atoms with Crippen LogP contribution in [0.15, 0.2) is 29.1 Å². The summed E-state index contributed by atoms with van der Waals surface area (Å²) in [5.41, 5.74) is 6.17. The molecule has 180 valence electrons. The SMILES string of the molecule is COC(=O)CCC(NC(=O)c1ccc(NCc2ccc3nc(N)[nH]c(=O)c3c2Cl)s1)C(=O)OC. The first-order chi connectivity index (χ1) is 16.2. The number of fused-ring (bicyclic) bond motifs is 1. The van der Waals surface area contributed by atoms with Crippen molar-refractivity contribution in [2.24, 2.45) is 0 Å². The van der Waals surface area contributed by atoms with Crippen LogP contribution in [0.3, 0.4) is 0 Å². The van der Waals surface area contributed by atoms with E-state index < -0.39 is 29.4 Å². The van der Waals surface area contributed by atoms with Crippen molar-refractivity contribution in [2.75, 3.05) is 25.3 Å². The van der Waals surface area contributed by atoms with Gasteiger partial charge in [-0.1, -0.05) is 17.7 Å². The number of esters is 2. The van der Waals surface area contributed by atoms with Gasteiger partial charge in [-0.05, 0) is 30.2 Å². The molecule has 1 aromatic carbocycles. The maximum Gasteiger partial charge on any atom is 0.328 e. The lowest BCUT2D eigenvalue weighted by Crippen LogP contribution is -2.41. The van der Waals surface area contributed by atoms with E-state index in [9.17, 15) is 19.2 Å². The molecule has 1 atom stereocenters. The van der Waals surface area contributed by atoms with Crippen LogP contribution in [0, 0.1) is 0 Å². The number of aromatic amines is 1. The molecule has 3 rings (SSSR count). The molecule has 0 fully saturated rings. The standard InChI is InChI=1S/C21H22ClN5O6S/c1-32-15(28)8-5-12(20(31)33-2)25-18(29)13-6-7-14(34-13)24-9-10-3-4-11-16(17(10)22)19(30)27-21(23)26-11/h3-4,6-7,12,24H,5,8-9H2,1-2H3,(H,25,29)(H3,23,26,27,30). The van der Waals surface area contributed by atoms with Gasteiger partial charge in [0.2, 0.25) is 5.95 Å². The number of nitrogens with two attached hydrogens (primary N) is 1. The lowest BCUT2D eigenvalue weighted by Gasteiger charge is -2.15. The number of benzene rings is 1. The summed E-state index contributed by atoms with van der Waals surface area (Å²) in [7, 11) is 2.44. The number of ether oxygens (including phenoxy) is 2. The van der Waals surface area contributed by atoms with Crippen LogP contribution in [-0.4, -0.2) is 48.1 Å². The highest BCUT2D eigenvalue weighted by Crippen LogP contribution is 2.27. The number of nitrogens with one attached hydrogen (secondary N) is 3. The Labute approximate surface area is 202 Å². The molecule has 13 heteroatoms. The van der Waals surface area contributed by atoms with Crippen molar-refractivity contribution in [1.29, 1.82) is 0 Å². The number of halogens is 1. The van der Waals surface area contributed by atoms with Crippen LogP contribution in [0.25, 0.3) is 10.9 Å². The van der Waals surface area contributed by atoms with Crippen LogP contribution < -0.4 is 21.9 Å². The molecule has 11 nitrogen and oxygen atoms in total. The van der Waals surface area contributed by atoms with Crippen LogP contribution in [0.4, 0.5) is 10.9 Å². The van der Waals surface area contributed by atoms with Gasteiger partial charge in [0.25, 0.3) is 11.5 Å². The quantitative estimate of drug-likeness (QED) is 0.317. The van der Waals surface area contributed by atoms with Gasteiger partial charge in [-0.3, -0.25) is 19.4 Å². The van der Waals surface area contributed by atoms with Gasteiger partial charge < -0.3 is 25.8 Å². The lowest BCUT2D eigenvalue weighted by atomic mass is 10.1. The zero-order chi connectivity index (χ0) is 24.8. The molecule has 1 amide bonds. The van der Waals surface area contributed by atoms with E-state index >= 15 is 0 Å². The number of nitrogen functional groups attached to an aromatic ring is 1. The van der Waals surface area contributed by atoms with Crippen molar-refractivity contribution in [3.8, 4) is 0 Å². The molecule has 34 heavy (non-hydrogen) atoms. The monoisotopic (exact) mass is 507 g/mol. The van der Waals surface area contributed by atoms with E-state index in [0.29, 0.717) is 21.0 Å². The smallest absolute Gasteiger partial charge is 0.328 e. The number of nitrogens with zero attached hydrogens (tertiary/aromatic N) is 1. The Morgan fingerprint density at radius 2 is 1.97 bits per heavy atom. The van der Waals surface area contributed by atoms with Crippen LogP contribution in [-0.2, 0) is 25.6 Å². The second-order valence-corrected chi connectivity index (χ2v) is 8.53. The Kier molecular flexibility index (Phi) is 8.08. The minimum Gasteiger partial charge on any atom is -0.469 e. The minimum absolute atomic E-state index is 0.00330. The number of aromatic nitrogens is 2. The van der Waals surface area contributed by atoms with E-state index in [2.05, 4.69) is 25.3 Å². The number of carbonyl (C=O) groups is 3. The number of thiophene rings is 1. The van der Waals surface area contributed by atoms with E-state index in [0.717, 1.165) is 11.3 Å². The largest absolute Gasteiger partial charge is 0.469 e. The number of amides is 1. The van der Waals surface area contributed by atoms with Gasteiger partial charge in [-0.2, -0.15) is 0 Å². The van der Waals surface area contributed by atoms with Gasteiger partial charge in [-0.25, -0.2) is 9.78 Å². The second-order valence-electron chi connectivity index (χ2n) is 7.07. The van der Waals surface area contributed by atoms with Crippen molar-refractivity contribution in [3.05, 3.63) is 50.1 Å². The maximum atomic E-state index is 12.6. The highest BCUT2D eigenvalue weighted by molar-refractivity contribution is 7.17. The summed E-state index contributed by atoms with van der Waals surface area (Å²) in [4.78, 5) is 55.0. The molecular weight excluding hydrogens is 486 g/mol. The van der Waals surface area contributed by atoms with Gasteiger partial charge >= 0.3 is 11.9 Å². The normalized spacial score (nSPS) is 11.6. The summed E-state index contributed by atoms with van der Waals surface area (Å²) in [6, 6.07) is 5.68. The zero-order valence-corrected chi connectivity index (χ0v) is 19.8. The van der Waals surface area contributed by atoms with E-state index in [4.69, 9.17) is 22.1 Å². The average Bonchev–Trinajstić information content (AvgIpc) is 3.29. The summed E-state index contributed by atoms with van der Waals surface area (Å²) < 4.78 is 9.27. The summed E-state index contributed by atoms with van der Waals surface area (Å²) in [6.07, 6.45) is -0.00702. The van der Waals surface area contributed by atoms with Crippen LogP contribution in [0.1, 0.15) is 28.1 Å². The summed E-state index contributed by atoms with van der Waals surface area (Å²) in [5.74, 6) is -1.65. The van der Waals surface area contributed by atoms with Crippen LogP contribution in [0.2, 0.25) is 5.02 Å². The summed E-state index contributed by atoms with van der Waals surface area (Å²) >= 11 is 7.56. The fourth-order valence-corrected chi connectivity index (χ4v) is 4.23. The molecule has 0 saturated carbocycles. The first-order valence-corrected chi connectivity index (χ1v) is 11.2. The lowest BCUT2D eigenvalue weighted by molar-refractivity contribution is -0.144. The molecule has 0 aliphatic carbocycles. The fraction of sp³-hybridized carbons (Fsp3) is 0.286. The molecule has 5 N–H and O–H groups in total. The van der Waals surface area contributed by atoms with E-state index in [1.165, 1.54) is 14.2 Å². The third-order valence-corrected chi connectivity index (χ3v) is 6.32. The Bertz CT molecular complexity index is 1290. The van der Waals surface area contributed by atoms with Gasteiger partial charge in [-0.15, -0.1) is 11.3 Å². The molecule has 0 saturated heterocycles. The molecule has 2 aromatic heterocycles. The average molecular weight is 508 g/mol. The molecular formula is C21H22ClN5O6S. The molecule has 0 radical (unpaired) electrons. The number of hydrogen-bond acceptors (Lipinski definition) is 10. The topological polar surface area (TPSA) is 165 Å². The van der Waals surface area contributed by atoms with Gasteiger partial charge in [0.15, 0.2) is 0 Å². The van der Waals surface area contributed by atoms with Crippen LogP contribution in [0.5, 0.6) is 0 Å². The molecule has 0 spiro atoms. The van der Waals surface area contributed by atoms with E-state index in [1.54, 1.807) is 24.3 Å². The Hall–Kier alpha value is -3.64. The molecule has 0 bridgehead atoms. The van der Waals surface area contributed by atoms with Crippen LogP contribution >= 0.6 is 22.9 Å². The van der Waals surface area contributed by atoms with Gasteiger partial charge in [0, 0.05) is 13.0 Å². The number of hydrogen-bond donors (Lipinski definition) is 4.